The van der Waals surface area contributed by atoms with Crippen LogP contribution in [0.2, 0.25) is 0 Å². The monoisotopic (exact) mass is 406 g/mol. The van der Waals surface area contributed by atoms with Gasteiger partial charge in [-0.05, 0) is 42.8 Å². The molecule has 0 fully saturated rings. The molecule has 0 bridgehead atoms. The third kappa shape index (κ3) is 7.13. The molecule has 0 radical (unpaired) electrons. The van der Waals surface area contributed by atoms with E-state index in [0.29, 0.717) is 5.69 Å². The Labute approximate surface area is 164 Å². The van der Waals surface area contributed by atoms with Crippen LogP contribution in [0.4, 0.5) is 23.7 Å². The van der Waals surface area contributed by atoms with Crippen LogP contribution in [0, 0.1) is 0 Å². The average Bonchev–Trinajstić information content (AvgIpc) is 2.66. The molecule has 0 aliphatic rings. The highest BCUT2D eigenvalue weighted by Crippen LogP contribution is 2.29. The van der Waals surface area contributed by atoms with E-state index in [0.717, 1.165) is 24.3 Å². The fourth-order valence-corrected chi connectivity index (χ4v) is 2.15. The number of carbonyl (C=O) groups excluding carboxylic acids is 3. The first-order valence-corrected chi connectivity index (χ1v) is 8.38. The first-order valence-electron chi connectivity index (χ1n) is 8.38. The lowest BCUT2D eigenvalue weighted by molar-refractivity contribution is -0.149. The summed E-state index contributed by atoms with van der Waals surface area (Å²) in [5, 5.41) is 4.44. The third-order valence-corrected chi connectivity index (χ3v) is 3.56. The number of alkyl halides is 3. The van der Waals surface area contributed by atoms with Gasteiger partial charge < -0.3 is 10.1 Å². The van der Waals surface area contributed by atoms with Crippen LogP contribution in [0.15, 0.2) is 60.7 Å². The Kier molecular flexibility index (Phi) is 7.13. The normalized spacial score (nSPS) is 12.3. The molecule has 152 valence electrons. The molecule has 0 heterocycles. The quantitative estimate of drug-likeness (QED) is 0.581. The van der Waals surface area contributed by atoms with E-state index in [-0.39, 0.29) is 5.56 Å². The van der Waals surface area contributed by atoms with Crippen molar-refractivity contribution in [3.05, 3.63) is 71.8 Å². The Morgan fingerprint density at radius 1 is 1.03 bits per heavy atom. The van der Waals surface area contributed by atoms with Crippen LogP contribution in [0.5, 0.6) is 0 Å². The highest BCUT2D eigenvalue weighted by atomic mass is 19.4. The number of rotatable bonds is 5. The van der Waals surface area contributed by atoms with Crippen molar-refractivity contribution in [3.63, 3.8) is 0 Å². The minimum Gasteiger partial charge on any atom is -0.449 e. The van der Waals surface area contributed by atoms with Crippen LogP contribution in [0.1, 0.15) is 18.1 Å². The van der Waals surface area contributed by atoms with Crippen LogP contribution < -0.4 is 10.6 Å². The number of esters is 1. The lowest BCUT2D eigenvalue weighted by Crippen LogP contribution is -2.41. The highest BCUT2D eigenvalue weighted by molar-refractivity contribution is 6.03. The van der Waals surface area contributed by atoms with Gasteiger partial charge in [0.2, 0.25) is 0 Å². The number of amides is 3. The third-order valence-electron chi connectivity index (χ3n) is 3.56. The van der Waals surface area contributed by atoms with Gasteiger partial charge in [0.15, 0.2) is 6.10 Å². The van der Waals surface area contributed by atoms with Gasteiger partial charge in [-0.15, -0.1) is 0 Å². The van der Waals surface area contributed by atoms with E-state index in [1.54, 1.807) is 30.3 Å². The maximum Gasteiger partial charge on any atom is 0.416 e. The number of carbonyl (C=O) groups is 3. The van der Waals surface area contributed by atoms with Crippen molar-refractivity contribution >= 4 is 29.7 Å². The first kappa shape index (κ1) is 21.7. The van der Waals surface area contributed by atoms with Gasteiger partial charge in [-0.2, -0.15) is 13.2 Å². The van der Waals surface area contributed by atoms with E-state index in [1.165, 1.54) is 19.1 Å². The molecule has 29 heavy (non-hydrogen) atoms. The van der Waals surface area contributed by atoms with Crippen LogP contribution in [-0.4, -0.2) is 24.0 Å². The Morgan fingerprint density at radius 2 is 1.72 bits per heavy atom. The van der Waals surface area contributed by atoms with E-state index in [4.69, 9.17) is 4.74 Å². The van der Waals surface area contributed by atoms with Crippen LogP contribution in [0.25, 0.3) is 6.08 Å². The van der Waals surface area contributed by atoms with Crippen molar-refractivity contribution in [2.45, 2.75) is 19.2 Å². The number of hydrogen-bond acceptors (Lipinski definition) is 4. The molecule has 0 spiro atoms. The van der Waals surface area contributed by atoms with Gasteiger partial charge in [0, 0.05) is 11.8 Å². The van der Waals surface area contributed by atoms with Gasteiger partial charge in [0.05, 0.1) is 5.56 Å². The summed E-state index contributed by atoms with van der Waals surface area (Å²) in [4.78, 5) is 35.4. The molecule has 2 aromatic rings. The number of halogens is 3. The van der Waals surface area contributed by atoms with Gasteiger partial charge in [-0.25, -0.2) is 9.59 Å². The lowest BCUT2D eigenvalue weighted by atomic mass is 10.1. The maximum absolute atomic E-state index is 12.7. The van der Waals surface area contributed by atoms with Gasteiger partial charge in [-0.1, -0.05) is 30.3 Å². The van der Waals surface area contributed by atoms with E-state index in [1.807, 2.05) is 5.32 Å². The molecule has 0 saturated carbocycles. The fraction of sp³-hybridized carbons (Fsp3) is 0.150. The average molecular weight is 406 g/mol. The molecule has 0 aromatic heterocycles. The molecule has 0 aliphatic heterocycles. The molecule has 2 rings (SSSR count). The predicted octanol–water partition coefficient (Wildman–Crippen LogP) is 4.00. The number of hydrogen-bond donors (Lipinski definition) is 2. The van der Waals surface area contributed by atoms with E-state index in [2.05, 4.69) is 5.32 Å². The minimum absolute atomic E-state index is 0.135. The zero-order valence-corrected chi connectivity index (χ0v) is 15.2. The van der Waals surface area contributed by atoms with Gasteiger partial charge in [0.1, 0.15) is 0 Å². The second-order valence-electron chi connectivity index (χ2n) is 5.85. The molecular weight excluding hydrogens is 389 g/mol. The molecule has 0 aliphatic carbocycles. The zero-order valence-electron chi connectivity index (χ0n) is 15.2. The second kappa shape index (κ2) is 9.54. The summed E-state index contributed by atoms with van der Waals surface area (Å²) in [6.07, 6.45) is -3.78. The lowest BCUT2D eigenvalue weighted by Gasteiger charge is -2.12. The van der Waals surface area contributed by atoms with Gasteiger partial charge in [-0.3, -0.25) is 10.1 Å². The number of nitrogens with one attached hydrogen (secondary N) is 2. The molecule has 9 heteroatoms. The summed E-state index contributed by atoms with van der Waals surface area (Å²) in [6, 6.07) is 11.9. The van der Waals surface area contributed by atoms with Crippen molar-refractivity contribution in [1.29, 1.82) is 0 Å². The standard InChI is InChI=1S/C20H17F3N2O4/c1-13(18(27)25-19(28)24-16-8-3-2-4-9-16)29-17(26)11-10-14-6-5-7-15(12-14)20(21,22)23/h2-13H,1H3,(H2,24,25,27,28)/b11-10+. The molecule has 2 aromatic carbocycles. The van der Waals surface area contributed by atoms with Crippen LogP contribution in [0.3, 0.4) is 0 Å². The van der Waals surface area contributed by atoms with Crippen molar-refractivity contribution in [2.24, 2.45) is 0 Å². The number of ether oxygens (including phenoxy) is 1. The molecule has 1 unspecified atom stereocenters. The summed E-state index contributed by atoms with van der Waals surface area (Å²) in [5.41, 5.74) is -0.257. The number of para-hydroxylation sites is 1. The molecule has 2 N–H and O–H groups in total. The fourth-order valence-electron chi connectivity index (χ4n) is 2.15. The topological polar surface area (TPSA) is 84.5 Å². The summed E-state index contributed by atoms with van der Waals surface area (Å²) < 4.78 is 42.9. The second-order valence-corrected chi connectivity index (χ2v) is 5.85. The van der Waals surface area contributed by atoms with E-state index < -0.39 is 35.8 Å². The first-order chi connectivity index (χ1) is 13.6. The maximum atomic E-state index is 12.7. The molecular formula is C20H17F3N2O4. The molecule has 3 amide bonds. The SMILES string of the molecule is CC(OC(=O)/C=C/c1cccc(C(F)(F)F)c1)C(=O)NC(=O)Nc1ccccc1. The molecule has 0 saturated heterocycles. The van der Waals surface area contributed by atoms with Crippen molar-refractivity contribution in [1.82, 2.24) is 5.32 Å². The summed E-state index contributed by atoms with van der Waals surface area (Å²) in [7, 11) is 0. The smallest absolute Gasteiger partial charge is 0.416 e. The highest BCUT2D eigenvalue weighted by Gasteiger charge is 2.30. The number of imide groups is 1. The van der Waals surface area contributed by atoms with Crippen LogP contribution in [-0.2, 0) is 20.5 Å². The number of urea groups is 1. The molecule has 1 atom stereocenters. The summed E-state index contributed by atoms with van der Waals surface area (Å²) in [5.74, 6) is -1.81. The number of benzene rings is 2. The Bertz CT molecular complexity index is 911. The predicted molar refractivity (Wildman–Crippen MR) is 99.6 cm³/mol. The zero-order chi connectivity index (χ0) is 21.4. The Hall–Kier alpha value is -3.62. The van der Waals surface area contributed by atoms with Crippen molar-refractivity contribution in [3.8, 4) is 0 Å². The van der Waals surface area contributed by atoms with E-state index in [9.17, 15) is 27.6 Å². The van der Waals surface area contributed by atoms with Crippen molar-refractivity contribution in [2.75, 3.05) is 5.32 Å². The van der Waals surface area contributed by atoms with Gasteiger partial charge >= 0.3 is 18.2 Å². The summed E-state index contributed by atoms with van der Waals surface area (Å²) >= 11 is 0. The van der Waals surface area contributed by atoms with E-state index >= 15 is 0 Å². The molecule has 6 nitrogen and oxygen atoms in total. The largest absolute Gasteiger partial charge is 0.449 e. The van der Waals surface area contributed by atoms with Crippen molar-refractivity contribution < 1.29 is 32.3 Å². The Morgan fingerprint density at radius 3 is 2.38 bits per heavy atom. The minimum atomic E-state index is -4.50. The van der Waals surface area contributed by atoms with Gasteiger partial charge in [0.25, 0.3) is 5.91 Å². The summed E-state index contributed by atoms with van der Waals surface area (Å²) in [6.45, 7) is 1.25. The number of anilines is 1. The van der Waals surface area contributed by atoms with Crippen LogP contribution >= 0.6 is 0 Å². The Balaban J connectivity index is 1.87.